The van der Waals surface area contributed by atoms with Gasteiger partial charge in [0, 0.05) is 30.6 Å². The first-order valence-corrected chi connectivity index (χ1v) is 6.25. The summed E-state index contributed by atoms with van der Waals surface area (Å²) in [6, 6.07) is 0.479. The number of carbonyl (C=O) groups excluding carboxylic acids is 1. The Labute approximate surface area is 97.6 Å². The molecule has 1 amide bonds. The molecular formula is C12H23N3O. The molecule has 0 unspecified atom stereocenters. The number of hydrogen-bond acceptors (Lipinski definition) is 3. The zero-order valence-electron chi connectivity index (χ0n) is 10.5. The van der Waals surface area contributed by atoms with Crippen molar-refractivity contribution < 1.29 is 4.79 Å². The standard InChI is InChI=1S/C12H23N3O/c1-8(2)15-6-10(12(7-15)4-5-12)14-11(16)9(3)13/h8-10H,4-7,13H2,1-3H3,(H,14,16)/t9-,10-/m0/s1. The average Bonchev–Trinajstić information content (AvgIpc) is 2.86. The van der Waals surface area contributed by atoms with Gasteiger partial charge in [-0.1, -0.05) is 0 Å². The highest BCUT2D eigenvalue weighted by atomic mass is 16.2. The average molecular weight is 225 g/mol. The summed E-state index contributed by atoms with van der Waals surface area (Å²) in [5.41, 5.74) is 5.96. The number of nitrogens with zero attached hydrogens (tertiary/aromatic N) is 1. The molecule has 4 nitrogen and oxygen atoms in total. The van der Waals surface area contributed by atoms with Gasteiger partial charge in [-0.2, -0.15) is 0 Å². The molecule has 0 aromatic heterocycles. The predicted molar refractivity (Wildman–Crippen MR) is 64.0 cm³/mol. The van der Waals surface area contributed by atoms with Crippen LogP contribution >= 0.6 is 0 Å². The van der Waals surface area contributed by atoms with E-state index in [2.05, 4.69) is 24.1 Å². The molecule has 0 radical (unpaired) electrons. The van der Waals surface area contributed by atoms with E-state index < -0.39 is 6.04 Å². The summed E-state index contributed by atoms with van der Waals surface area (Å²) < 4.78 is 0. The van der Waals surface area contributed by atoms with E-state index >= 15 is 0 Å². The van der Waals surface area contributed by atoms with E-state index in [-0.39, 0.29) is 5.91 Å². The zero-order chi connectivity index (χ0) is 11.9. The van der Waals surface area contributed by atoms with Gasteiger partial charge in [-0.3, -0.25) is 9.69 Å². The summed E-state index contributed by atoms with van der Waals surface area (Å²) in [5, 5.41) is 3.11. The van der Waals surface area contributed by atoms with Crippen molar-refractivity contribution >= 4 is 5.91 Å². The first kappa shape index (κ1) is 11.9. The van der Waals surface area contributed by atoms with Crippen molar-refractivity contribution in [3.05, 3.63) is 0 Å². The second-order valence-electron chi connectivity index (χ2n) is 5.74. The van der Waals surface area contributed by atoms with Gasteiger partial charge in [0.1, 0.15) is 0 Å². The van der Waals surface area contributed by atoms with Crippen molar-refractivity contribution in [1.29, 1.82) is 0 Å². The molecule has 16 heavy (non-hydrogen) atoms. The van der Waals surface area contributed by atoms with Gasteiger partial charge < -0.3 is 11.1 Å². The summed E-state index contributed by atoms with van der Waals surface area (Å²) >= 11 is 0. The monoisotopic (exact) mass is 225 g/mol. The Kier molecular flexibility index (Phi) is 2.97. The van der Waals surface area contributed by atoms with Gasteiger partial charge in [0.2, 0.25) is 5.91 Å². The lowest BCUT2D eigenvalue weighted by Gasteiger charge is -2.21. The second-order valence-corrected chi connectivity index (χ2v) is 5.74. The molecule has 4 heteroatoms. The third-order valence-electron chi connectivity index (χ3n) is 4.03. The van der Waals surface area contributed by atoms with Gasteiger partial charge in [0.15, 0.2) is 0 Å². The fourth-order valence-corrected chi connectivity index (χ4v) is 2.57. The Morgan fingerprint density at radius 3 is 2.50 bits per heavy atom. The van der Waals surface area contributed by atoms with Crippen molar-refractivity contribution in [3.8, 4) is 0 Å². The lowest BCUT2D eigenvalue weighted by Crippen LogP contribution is -2.47. The molecule has 2 atom stereocenters. The number of nitrogens with one attached hydrogen (secondary N) is 1. The van der Waals surface area contributed by atoms with Crippen LogP contribution < -0.4 is 11.1 Å². The van der Waals surface area contributed by atoms with Gasteiger partial charge >= 0.3 is 0 Å². The van der Waals surface area contributed by atoms with Gasteiger partial charge in [-0.25, -0.2) is 0 Å². The van der Waals surface area contributed by atoms with Gasteiger partial charge in [-0.15, -0.1) is 0 Å². The topological polar surface area (TPSA) is 58.4 Å². The summed E-state index contributed by atoms with van der Waals surface area (Å²) in [4.78, 5) is 14.1. The van der Waals surface area contributed by atoms with E-state index in [1.807, 2.05) is 0 Å². The quantitative estimate of drug-likeness (QED) is 0.727. The third kappa shape index (κ3) is 2.09. The van der Waals surface area contributed by atoms with Crippen molar-refractivity contribution in [3.63, 3.8) is 0 Å². The fourth-order valence-electron chi connectivity index (χ4n) is 2.57. The van der Waals surface area contributed by atoms with Crippen LogP contribution in [-0.2, 0) is 4.79 Å². The van der Waals surface area contributed by atoms with Crippen LogP contribution in [0.4, 0.5) is 0 Å². The molecular weight excluding hydrogens is 202 g/mol. The zero-order valence-corrected chi connectivity index (χ0v) is 10.5. The number of rotatable bonds is 3. The molecule has 1 spiro atoms. The minimum atomic E-state index is -0.399. The fraction of sp³-hybridized carbons (Fsp3) is 0.917. The Morgan fingerprint density at radius 1 is 1.44 bits per heavy atom. The van der Waals surface area contributed by atoms with Crippen LogP contribution in [0.15, 0.2) is 0 Å². The Morgan fingerprint density at radius 2 is 2.06 bits per heavy atom. The Bertz CT molecular complexity index is 284. The molecule has 2 aliphatic rings. The van der Waals surface area contributed by atoms with Crippen LogP contribution in [0.2, 0.25) is 0 Å². The summed E-state index contributed by atoms with van der Waals surface area (Å²) in [5.74, 6) is -0.0121. The number of likely N-dealkylation sites (tertiary alicyclic amines) is 1. The molecule has 2 rings (SSSR count). The number of nitrogens with two attached hydrogens (primary N) is 1. The Balaban J connectivity index is 1.97. The maximum atomic E-state index is 11.6. The van der Waals surface area contributed by atoms with Crippen molar-refractivity contribution in [2.75, 3.05) is 13.1 Å². The van der Waals surface area contributed by atoms with Crippen LogP contribution in [0.3, 0.4) is 0 Å². The van der Waals surface area contributed by atoms with E-state index in [0.29, 0.717) is 17.5 Å². The normalized spacial score (nSPS) is 29.7. The van der Waals surface area contributed by atoms with Gasteiger partial charge in [0.05, 0.1) is 6.04 Å². The highest BCUT2D eigenvalue weighted by molar-refractivity contribution is 5.81. The van der Waals surface area contributed by atoms with E-state index in [0.717, 1.165) is 13.1 Å². The van der Waals surface area contributed by atoms with E-state index in [1.165, 1.54) is 12.8 Å². The van der Waals surface area contributed by atoms with Crippen LogP contribution in [0.25, 0.3) is 0 Å². The smallest absolute Gasteiger partial charge is 0.236 e. The summed E-state index contributed by atoms with van der Waals surface area (Å²) in [6.45, 7) is 8.28. The molecule has 0 bridgehead atoms. The summed E-state index contributed by atoms with van der Waals surface area (Å²) in [6.07, 6.45) is 2.50. The molecule has 0 aromatic carbocycles. The highest BCUT2D eigenvalue weighted by Crippen LogP contribution is 2.53. The van der Waals surface area contributed by atoms with Gasteiger partial charge in [0.25, 0.3) is 0 Å². The minimum Gasteiger partial charge on any atom is -0.350 e. The lowest BCUT2D eigenvalue weighted by molar-refractivity contribution is -0.122. The molecule has 1 saturated heterocycles. The Hall–Kier alpha value is -0.610. The van der Waals surface area contributed by atoms with E-state index in [1.54, 1.807) is 6.92 Å². The third-order valence-corrected chi connectivity index (χ3v) is 4.03. The first-order valence-electron chi connectivity index (χ1n) is 6.25. The number of amides is 1. The SMILES string of the molecule is CC(C)N1C[C@H](NC(=O)[C@H](C)N)C2(CC2)C1. The van der Waals surface area contributed by atoms with Crippen LogP contribution in [0.1, 0.15) is 33.6 Å². The van der Waals surface area contributed by atoms with Crippen LogP contribution in [-0.4, -0.2) is 42.0 Å². The minimum absolute atomic E-state index is 0.0121. The van der Waals surface area contributed by atoms with E-state index in [9.17, 15) is 4.79 Å². The molecule has 1 saturated carbocycles. The number of hydrogen-bond donors (Lipinski definition) is 2. The molecule has 1 aliphatic carbocycles. The molecule has 1 aliphatic heterocycles. The van der Waals surface area contributed by atoms with Gasteiger partial charge in [-0.05, 0) is 33.6 Å². The molecule has 92 valence electrons. The molecule has 2 fully saturated rings. The van der Waals surface area contributed by atoms with E-state index in [4.69, 9.17) is 5.73 Å². The van der Waals surface area contributed by atoms with Crippen molar-refractivity contribution in [2.45, 2.75) is 51.7 Å². The molecule has 1 heterocycles. The number of carbonyl (C=O) groups is 1. The largest absolute Gasteiger partial charge is 0.350 e. The van der Waals surface area contributed by atoms with Crippen molar-refractivity contribution in [2.24, 2.45) is 11.1 Å². The maximum absolute atomic E-state index is 11.6. The maximum Gasteiger partial charge on any atom is 0.236 e. The molecule has 3 N–H and O–H groups in total. The second kappa shape index (κ2) is 4.00. The predicted octanol–water partition coefficient (Wildman–Crippen LogP) is 0.323. The first-order chi connectivity index (χ1) is 7.44. The summed E-state index contributed by atoms with van der Waals surface area (Å²) in [7, 11) is 0. The van der Waals surface area contributed by atoms with Crippen LogP contribution in [0, 0.1) is 5.41 Å². The molecule has 0 aromatic rings. The van der Waals surface area contributed by atoms with Crippen LogP contribution in [0.5, 0.6) is 0 Å². The highest BCUT2D eigenvalue weighted by Gasteiger charge is 2.55. The lowest BCUT2D eigenvalue weighted by atomic mass is 10.0. The van der Waals surface area contributed by atoms with Crippen molar-refractivity contribution in [1.82, 2.24) is 10.2 Å².